The van der Waals surface area contributed by atoms with Crippen molar-refractivity contribution < 1.29 is 4.79 Å². The van der Waals surface area contributed by atoms with Gasteiger partial charge < -0.3 is 10.6 Å². The van der Waals surface area contributed by atoms with Crippen LogP contribution in [0, 0.1) is 11.8 Å². The van der Waals surface area contributed by atoms with Crippen molar-refractivity contribution in [1.29, 1.82) is 0 Å². The summed E-state index contributed by atoms with van der Waals surface area (Å²) >= 11 is 0. The number of nitrogens with one attached hydrogen (secondary N) is 2. The van der Waals surface area contributed by atoms with Gasteiger partial charge in [0.25, 0.3) is 0 Å². The van der Waals surface area contributed by atoms with Gasteiger partial charge in [-0.1, -0.05) is 13.3 Å². The first kappa shape index (κ1) is 12.5. The standard InChI is InChI=1S/C15H26N2O/c1-2-10-3-5-11(6-4-10)17-15(18)13-9-12-7-8-14(13)16-12/h10-14,16H,2-9H2,1H3,(H,17,18). The Kier molecular flexibility index (Phi) is 3.60. The van der Waals surface area contributed by atoms with Crippen LogP contribution in [0.4, 0.5) is 0 Å². The van der Waals surface area contributed by atoms with Crippen LogP contribution in [-0.2, 0) is 4.79 Å². The largest absolute Gasteiger partial charge is 0.353 e. The Morgan fingerprint density at radius 1 is 1.17 bits per heavy atom. The fourth-order valence-corrected chi connectivity index (χ4v) is 4.14. The van der Waals surface area contributed by atoms with E-state index in [0.29, 0.717) is 24.0 Å². The number of hydrogen-bond acceptors (Lipinski definition) is 2. The summed E-state index contributed by atoms with van der Waals surface area (Å²) in [7, 11) is 0. The second kappa shape index (κ2) is 5.20. The highest BCUT2D eigenvalue weighted by atomic mass is 16.2. The average molecular weight is 250 g/mol. The third-order valence-corrected chi connectivity index (χ3v) is 5.41. The van der Waals surface area contributed by atoms with Gasteiger partial charge in [0, 0.05) is 18.1 Å². The number of amides is 1. The smallest absolute Gasteiger partial charge is 0.224 e. The van der Waals surface area contributed by atoms with E-state index >= 15 is 0 Å². The molecule has 0 radical (unpaired) electrons. The second-order valence-corrected chi connectivity index (χ2v) is 6.52. The number of rotatable bonds is 3. The lowest BCUT2D eigenvalue weighted by molar-refractivity contribution is -0.126. The molecule has 3 unspecified atom stereocenters. The van der Waals surface area contributed by atoms with Crippen LogP contribution < -0.4 is 10.6 Å². The van der Waals surface area contributed by atoms with Gasteiger partial charge >= 0.3 is 0 Å². The molecule has 0 aromatic carbocycles. The fourth-order valence-electron chi connectivity index (χ4n) is 4.14. The average Bonchev–Trinajstić information content (AvgIpc) is 3.02. The predicted octanol–water partition coefficient (Wildman–Crippen LogP) is 2.21. The normalized spacial score (nSPS) is 43.1. The molecule has 18 heavy (non-hydrogen) atoms. The van der Waals surface area contributed by atoms with Gasteiger partial charge in [0.1, 0.15) is 0 Å². The Labute approximate surface area is 110 Å². The minimum atomic E-state index is 0.257. The zero-order valence-electron chi connectivity index (χ0n) is 11.5. The SMILES string of the molecule is CCC1CCC(NC(=O)C2CC3CCC2N3)CC1. The molecule has 3 aliphatic rings. The lowest BCUT2D eigenvalue weighted by Gasteiger charge is -2.30. The van der Waals surface area contributed by atoms with Crippen LogP contribution in [0.5, 0.6) is 0 Å². The summed E-state index contributed by atoms with van der Waals surface area (Å²) in [6.45, 7) is 2.28. The Morgan fingerprint density at radius 3 is 2.50 bits per heavy atom. The van der Waals surface area contributed by atoms with Crippen LogP contribution in [0.2, 0.25) is 0 Å². The van der Waals surface area contributed by atoms with Crippen molar-refractivity contribution in [2.45, 2.75) is 76.4 Å². The predicted molar refractivity (Wildman–Crippen MR) is 72.2 cm³/mol. The molecule has 2 bridgehead atoms. The molecule has 3 fully saturated rings. The maximum Gasteiger partial charge on any atom is 0.224 e. The van der Waals surface area contributed by atoms with Crippen molar-refractivity contribution in [2.75, 3.05) is 0 Å². The van der Waals surface area contributed by atoms with Crippen molar-refractivity contribution in [3.8, 4) is 0 Å². The minimum Gasteiger partial charge on any atom is -0.353 e. The van der Waals surface area contributed by atoms with E-state index in [1.165, 1.54) is 44.9 Å². The molecule has 2 heterocycles. The first-order valence-electron chi connectivity index (χ1n) is 7.82. The van der Waals surface area contributed by atoms with E-state index in [1.54, 1.807) is 0 Å². The molecule has 3 atom stereocenters. The zero-order chi connectivity index (χ0) is 12.5. The summed E-state index contributed by atoms with van der Waals surface area (Å²) in [5.74, 6) is 1.49. The van der Waals surface area contributed by atoms with E-state index in [9.17, 15) is 4.79 Å². The van der Waals surface area contributed by atoms with Gasteiger partial charge in [-0.3, -0.25) is 4.79 Å². The Balaban J connectivity index is 1.47. The number of hydrogen-bond donors (Lipinski definition) is 2. The van der Waals surface area contributed by atoms with Gasteiger partial charge in [-0.15, -0.1) is 0 Å². The van der Waals surface area contributed by atoms with E-state index in [0.717, 1.165) is 12.3 Å². The molecule has 3 heteroatoms. The van der Waals surface area contributed by atoms with Crippen molar-refractivity contribution in [1.82, 2.24) is 10.6 Å². The van der Waals surface area contributed by atoms with Crippen LogP contribution >= 0.6 is 0 Å². The quantitative estimate of drug-likeness (QED) is 0.806. The van der Waals surface area contributed by atoms with Gasteiger partial charge in [-0.25, -0.2) is 0 Å². The summed E-state index contributed by atoms with van der Waals surface area (Å²) in [6, 6.07) is 1.56. The van der Waals surface area contributed by atoms with Crippen LogP contribution in [0.25, 0.3) is 0 Å². The van der Waals surface area contributed by atoms with Gasteiger partial charge in [0.2, 0.25) is 5.91 Å². The maximum absolute atomic E-state index is 12.3. The summed E-state index contributed by atoms with van der Waals surface area (Å²) in [5, 5.41) is 6.86. The molecule has 0 aromatic rings. The van der Waals surface area contributed by atoms with Crippen LogP contribution in [0.3, 0.4) is 0 Å². The monoisotopic (exact) mass is 250 g/mol. The molecule has 0 aromatic heterocycles. The van der Waals surface area contributed by atoms with E-state index in [2.05, 4.69) is 17.6 Å². The molecular formula is C15H26N2O. The first-order chi connectivity index (χ1) is 8.76. The number of fused-ring (bicyclic) bond motifs is 2. The second-order valence-electron chi connectivity index (χ2n) is 6.52. The van der Waals surface area contributed by atoms with Crippen LogP contribution in [0.1, 0.15) is 58.3 Å². The highest BCUT2D eigenvalue weighted by molar-refractivity contribution is 5.80. The molecular weight excluding hydrogens is 224 g/mol. The number of carbonyl (C=O) groups is 1. The van der Waals surface area contributed by atoms with Crippen LogP contribution in [0.15, 0.2) is 0 Å². The van der Waals surface area contributed by atoms with Crippen molar-refractivity contribution in [3.63, 3.8) is 0 Å². The molecule has 3 rings (SSSR count). The molecule has 102 valence electrons. The highest BCUT2D eigenvalue weighted by Gasteiger charge is 2.43. The first-order valence-corrected chi connectivity index (χ1v) is 7.82. The Bertz CT molecular complexity index is 310. The maximum atomic E-state index is 12.3. The van der Waals surface area contributed by atoms with Gasteiger partial charge in [-0.2, -0.15) is 0 Å². The third kappa shape index (κ3) is 2.42. The van der Waals surface area contributed by atoms with Gasteiger partial charge in [0.05, 0.1) is 5.92 Å². The summed E-state index contributed by atoms with van der Waals surface area (Å²) in [4.78, 5) is 12.3. The van der Waals surface area contributed by atoms with Crippen molar-refractivity contribution in [3.05, 3.63) is 0 Å². The molecule has 2 N–H and O–H groups in total. The summed E-state index contributed by atoms with van der Waals surface area (Å²) in [6.07, 6.45) is 9.84. The van der Waals surface area contributed by atoms with E-state index < -0.39 is 0 Å². The van der Waals surface area contributed by atoms with Crippen LogP contribution in [-0.4, -0.2) is 24.0 Å². The number of carbonyl (C=O) groups excluding carboxylic acids is 1. The van der Waals surface area contributed by atoms with Gasteiger partial charge in [-0.05, 0) is 50.9 Å². The van der Waals surface area contributed by atoms with Gasteiger partial charge in [0.15, 0.2) is 0 Å². The van der Waals surface area contributed by atoms with E-state index in [1.807, 2.05) is 0 Å². The summed E-state index contributed by atoms with van der Waals surface area (Å²) in [5.41, 5.74) is 0. The van der Waals surface area contributed by atoms with E-state index in [-0.39, 0.29) is 5.92 Å². The van der Waals surface area contributed by atoms with E-state index in [4.69, 9.17) is 0 Å². The molecule has 0 spiro atoms. The molecule has 1 amide bonds. The minimum absolute atomic E-state index is 0.257. The van der Waals surface area contributed by atoms with Crippen molar-refractivity contribution in [2.24, 2.45) is 11.8 Å². The molecule has 3 nitrogen and oxygen atoms in total. The highest BCUT2D eigenvalue weighted by Crippen LogP contribution is 2.34. The lowest BCUT2D eigenvalue weighted by atomic mass is 9.83. The molecule has 1 aliphatic carbocycles. The molecule has 2 aliphatic heterocycles. The topological polar surface area (TPSA) is 41.1 Å². The molecule has 1 saturated carbocycles. The Hall–Kier alpha value is -0.570. The molecule has 2 saturated heterocycles. The zero-order valence-corrected chi connectivity index (χ0v) is 11.5. The summed E-state index contributed by atoms with van der Waals surface area (Å²) < 4.78 is 0. The van der Waals surface area contributed by atoms with Crippen molar-refractivity contribution >= 4 is 5.91 Å². The fraction of sp³-hybridized carbons (Fsp3) is 0.933. The Morgan fingerprint density at radius 2 is 1.94 bits per heavy atom. The third-order valence-electron chi connectivity index (χ3n) is 5.41. The lowest BCUT2D eigenvalue weighted by Crippen LogP contribution is -2.44.